The number of aryl methyl sites for hydroxylation is 1. The van der Waals surface area contributed by atoms with Crippen LogP contribution >= 0.6 is 11.3 Å². The first-order chi connectivity index (χ1) is 8.75. The Kier molecular flexibility index (Phi) is 4.36. The smallest absolute Gasteiger partial charge is 0.239 e. The van der Waals surface area contributed by atoms with E-state index in [0.717, 1.165) is 5.69 Å². The molecule has 0 aliphatic heterocycles. The molecule has 18 heavy (non-hydrogen) atoms. The number of carbonyl (C=O) groups is 1. The highest BCUT2D eigenvalue weighted by Crippen LogP contribution is 2.12. The molecule has 2 rings (SSSR count). The van der Waals surface area contributed by atoms with Crippen molar-refractivity contribution in [2.75, 3.05) is 11.9 Å². The van der Waals surface area contributed by atoms with Crippen LogP contribution in [0, 0.1) is 6.92 Å². The topological polar surface area (TPSA) is 41.1 Å². The van der Waals surface area contributed by atoms with Crippen LogP contribution < -0.4 is 10.6 Å². The summed E-state index contributed by atoms with van der Waals surface area (Å²) in [7, 11) is 0. The van der Waals surface area contributed by atoms with Crippen LogP contribution in [0.3, 0.4) is 0 Å². The number of benzene rings is 1. The number of para-hydroxylation sites is 1. The predicted molar refractivity (Wildman–Crippen MR) is 75.8 cm³/mol. The third-order valence-corrected chi connectivity index (χ3v) is 3.57. The second-order valence-corrected chi connectivity index (χ2v) is 4.82. The molecular formula is C14H16N2OS. The number of anilines is 1. The average Bonchev–Trinajstić information content (AvgIpc) is 2.81. The van der Waals surface area contributed by atoms with Crippen molar-refractivity contribution in [3.05, 3.63) is 52.2 Å². The summed E-state index contributed by atoms with van der Waals surface area (Å²) in [5.74, 6) is 0.00412. The maximum atomic E-state index is 11.7. The molecule has 2 aromatic rings. The molecule has 3 nitrogen and oxygen atoms in total. The monoisotopic (exact) mass is 260 g/mol. The molecule has 0 bridgehead atoms. The van der Waals surface area contributed by atoms with Crippen LogP contribution in [0.15, 0.2) is 41.1 Å². The lowest BCUT2D eigenvalue weighted by Gasteiger charge is -2.07. The van der Waals surface area contributed by atoms with Crippen molar-refractivity contribution in [2.24, 2.45) is 0 Å². The van der Waals surface area contributed by atoms with Crippen LogP contribution in [0.1, 0.15) is 11.1 Å². The second-order valence-electron chi connectivity index (χ2n) is 4.08. The lowest BCUT2D eigenvalue weighted by molar-refractivity contribution is -0.119. The standard InChI is InChI=1S/C14H16N2OS/c1-11-9-18-10-12(11)7-16-14(17)8-15-13-5-3-2-4-6-13/h2-6,9-10,15H,7-8H2,1H3,(H,16,17). The molecule has 4 heteroatoms. The lowest BCUT2D eigenvalue weighted by atomic mass is 10.2. The molecule has 0 radical (unpaired) electrons. The molecule has 1 aromatic heterocycles. The van der Waals surface area contributed by atoms with Gasteiger partial charge in [-0.05, 0) is 40.9 Å². The van der Waals surface area contributed by atoms with Gasteiger partial charge in [0, 0.05) is 12.2 Å². The van der Waals surface area contributed by atoms with Crippen molar-refractivity contribution < 1.29 is 4.79 Å². The van der Waals surface area contributed by atoms with E-state index in [1.54, 1.807) is 11.3 Å². The Balaban J connectivity index is 1.75. The summed E-state index contributed by atoms with van der Waals surface area (Å²) in [6, 6.07) is 9.71. The molecule has 0 aliphatic carbocycles. The van der Waals surface area contributed by atoms with Gasteiger partial charge < -0.3 is 10.6 Å². The third kappa shape index (κ3) is 3.60. The van der Waals surface area contributed by atoms with Gasteiger partial charge >= 0.3 is 0 Å². The minimum atomic E-state index is 0.00412. The van der Waals surface area contributed by atoms with Crippen molar-refractivity contribution in [3.8, 4) is 0 Å². The van der Waals surface area contributed by atoms with Crippen LogP contribution in [0.4, 0.5) is 5.69 Å². The Bertz CT molecular complexity index is 508. The normalized spacial score (nSPS) is 10.1. The molecule has 0 aliphatic rings. The molecule has 0 spiro atoms. The fraction of sp³-hybridized carbons (Fsp3) is 0.214. The van der Waals surface area contributed by atoms with Crippen molar-refractivity contribution in [1.29, 1.82) is 0 Å². The molecule has 0 unspecified atom stereocenters. The van der Waals surface area contributed by atoms with Gasteiger partial charge in [-0.15, -0.1) is 0 Å². The molecule has 94 valence electrons. The van der Waals surface area contributed by atoms with E-state index in [2.05, 4.69) is 28.3 Å². The van der Waals surface area contributed by atoms with Gasteiger partial charge in [-0.25, -0.2) is 0 Å². The third-order valence-electron chi connectivity index (χ3n) is 2.66. The lowest BCUT2D eigenvalue weighted by Crippen LogP contribution is -2.29. The number of amides is 1. The summed E-state index contributed by atoms with van der Waals surface area (Å²) in [6.45, 7) is 2.96. The number of carbonyl (C=O) groups excluding carboxylic acids is 1. The summed E-state index contributed by atoms with van der Waals surface area (Å²) >= 11 is 1.66. The van der Waals surface area contributed by atoms with E-state index in [1.807, 2.05) is 30.3 Å². The first-order valence-electron chi connectivity index (χ1n) is 5.83. The Hall–Kier alpha value is -1.81. The molecule has 1 heterocycles. The zero-order chi connectivity index (χ0) is 12.8. The van der Waals surface area contributed by atoms with Gasteiger partial charge in [-0.3, -0.25) is 4.79 Å². The van der Waals surface area contributed by atoms with Crippen LogP contribution in [0.25, 0.3) is 0 Å². The molecule has 1 aromatic carbocycles. The largest absolute Gasteiger partial charge is 0.376 e. The summed E-state index contributed by atoms with van der Waals surface area (Å²) in [4.78, 5) is 11.7. The quantitative estimate of drug-likeness (QED) is 0.868. The number of hydrogen-bond donors (Lipinski definition) is 2. The van der Waals surface area contributed by atoms with E-state index < -0.39 is 0 Å². The zero-order valence-electron chi connectivity index (χ0n) is 10.3. The first kappa shape index (κ1) is 12.6. The van der Waals surface area contributed by atoms with Crippen LogP contribution in [0.5, 0.6) is 0 Å². The van der Waals surface area contributed by atoms with Gasteiger partial charge in [0.1, 0.15) is 0 Å². The molecule has 0 fully saturated rings. The molecule has 0 atom stereocenters. The fourth-order valence-electron chi connectivity index (χ4n) is 1.56. The second kappa shape index (κ2) is 6.21. The highest BCUT2D eigenvalue weighted by atomic mass is 32.1. The molecule has 1 amide bonds. The SMILES string of the molecule is Cc1cscc1CNC(=O)CNc1ccccc1. The maximum absolute atomic E-state index is 11.7. The average molecular weight is 260 g/mol. The number of thiophene rings is 1. The van der Waals surface area contributed by atoms with Crippen molar-refractivity contribution >= 4 is 22.9 Å². The van der Waals surface area contributed by atoms with Crippen LogP contribution in [0.2, 0.25) is 0 Å². The summed E-state index contributed by atoms with van der Waals surface area (Å²) in [5, 5.41) is 10.1. The van der Waals surface area contributed by atoms with Crippen LogP contribution in [-0.2, 0) is 11.3 Å². The Morgan fingerprint density at radius 1 is 1.22 bits per heavy atom. The Morgan fingerprint density at radius 3 is 2.67 bits per heavy atom. The van der Waals surface area contributed by atoms with Crippen molar-refractivity contribution in [3.63, 3.8) is 0 Å². The van der Waals surface area contributed by atoms with Crippen molar-refractivity contribution in [1.82, 2.24) is 5.32 Å². The Labute approximate surface area is 111 Å². The predicted octanol–water partition coefficient (Wildman–Crippen LogP) is 2.78. The van der Waals surface area contributed by atoms with Crippen molar-refractivity contribution in [2.45, 2.75) is 13.5 Å². The van der Waals surface area contributed by atoms with Gasteiger partial charge in [0.15, 0.2) is 0 Å². The van der Waals surface area contributed by atoms with E-state index in [4.69, 9.17) is 0 Å². The van der Waals surface area contributed by atoms with E-state index in [9.17, 15) is 4.79 Å². The summed E-state index contributed by atoms with van der Waals surface area (Å²) in [5.41, 5.74) is 3.38. The molecule has 2 N–H and O–H groups in total. The minimum Gasteiger partial charge on any atom is -0.376 e. The molecular weight excluding hydrogens is 244 g/mol. The molecule has 0 saturated heterocycles. The highest BCUT2D eigenvalue weighted by molar-refractivity contribution is 7.08. The van der Waals surface area contributed by atoms with Crippen LogP contribution in [-0.4, -0.2) is 12.5 Å². The van der Waals surface area contributed by atoms with E-state index in [1.165, 1.54) is 11.1 Å². The molecule has 0 saturated carbocycles. The van der Waals surface area contributed by atoms with Gasteiger partial charge in [0.25, 0.3) is 0 Å². The number of rotatable bonds is 5. The Morgan fingerprint density at radius 2 is 2.00 bits per heavy atom. The summed E-state index contributed by atoms with van der Waals surface area (Å²) in [6.07, 6.45) is 0. The maximum Gasteiger partial charge on any atom is 0.239 e. The van der Waals surface area contributed by atoms with E-state index in [0.29, 0.717) is 13.1 Å². The zero-order valence-corrected chi connectivity index (χ0v) is 11.1. The van der Waals surface area contributed by atoms with Gasteiger partial charge in [0.2, 0.25) is 5.91 Å². The first-order valence-corrected chi connectivity index (χ1v) is 6.77. The number of nitrogens with one attached hydrogen (secondary N) is 2. The minimum absolute atomic E-state index is 0.00412. The van der Waals surface area contributed by atoms with E-state index in [-0.39, 0.29) is 5.91 Å². The fourth-order valence-corrected chi connectivity index (χ4v) is 2.42. The van der Waals surface area contributed by atoms with E-state index >= 15 is 0 Å². The van der Waals surface area contributed by atoms with Gasteiger partial charge in [0.05, 0.1) is 6.54 Å². The van der Waals surface area contributed by atoms with Gasteiger partial charge in [-0.2, -0.15) is 11.3 Å². The summed E-state index contributed by atoms with van der Waals surface area (Å²) < 4.78 is 0. The van der Waals surface area contributed by atoms with Gasteiger partial charge in [-0.1, -0.05) is 18.2 Å². The number of hydrogen-bond acceptors (Lipinski definition) is 3. The highest BCUT2D eigenvalue weighted by Gasteiger charge is 2.03.